The maximum atomic E-state index is 14.0. The molecule has 1 aromatic carbocycles. The van der Waals surface area contributed by atoms with Crippen LogP contribution in [0.5, 0.6) is 0 Å². The lowest BCUT2D eigenvalue weighted by molar-refractivity contribution is -0.116. The number of rotatable bonds is 8. The Morgan fingerprint density at radius 1 is 1.30 bits per heavy atom. The van der Waals surface area contributed by atoms with Crippen LogP contribution in [0, 0.1) is 18.2 Å². The second-order valence-corrected chi connectivity index (χ2v) is 9.09. The number of amides is 1. The fourth-order valence-electron chi connectivity index (χ4n) is 2.45. The lowest BCUT2D eigenvalue weighted by Gasteiger charge is -2.20. The van der Waals surface area contributed by atoms with Crippen LogP contribution in [0.15, 0.2) is 33.3 Å². The van der Waals surface area contributed by atoms with Gasteiger partial charge in [-0.2, -0.15) is 10.2 Å². The molecule has 7 nitrogen and oxygen atoms in total. The molecule has 1 heterocycles. The first-order chi connectivity index (χ1) is 12.5. The van der Waals surface area contributed by atoms with Crippen LogP contribution in [-0.2, 0) is 14.8 Å². The zero-order valence-electron chi connectivity index (χ0n) is 15.5. The van der Waals surface area contributed by atoms with Crippen molar-refractivity contribution in [1.82, 2.24) is 4.72 Å². The van der Waals surface area contributed by atoms with Crippen molar-refractivity contribution < 1.29 is 17.6 Å². The monoisotopic (exact) mass is 394 g/mol. The highest BCUT2D eigenvalue weighted by molar-refractivity contribution is 7.89. The van der Waals surface area contributed by atoms with Crippen molar-refractivity contribution in [2.75, 3.05) is 5.32 Å². The van der Waals surface area contributed by atoms with Gasteiger partial charge in [0.05, 0.1) is 0 Å². The number of nitrogens with one attached hydrogen (secondary N) is 2. The third-order valence-corrected chi connectivity index (χ3v) is 5.52. The summed E-state index contributed by atoms with van der Waals surface area (Å²) in [5.41, 5.74) is -1.15. The topological polar surface area (TPSA) is 100.0 Å². The van der Waals surface area contributed by atoms with Gasteiger partial charge in [-0.25, -0.2) is 17.5 Å². The Morgan fingerprint density at radius 3 is 2.52 bits per heavy atom. The minimum absolute atomic E-state index is 0.136. The molecule has 0 atom stereocenters. The predicted molar refractivity (Wildman–Crippen MR) is 100.0 cm³/mol. The Morgan fingerprint density at radius 2 is 1.96 bits per heavy atom. The van der Waals surface area contributed by atoms with Crippen LogP contribution >= 0.6 is 0 Å². The number of hydrogen-bond donors (Lipinski definition) is 2. The van der Waals surface area contributed by atoms with Crippen LogP contribution in [-0.4, -0.2) is 25.5 Å². The maximum absolute atomic E-state index is 14.0. The van der Waals surface area contributed by atoms with Gasteiger partial charge in [-0.1, -0.05) is 0 Å². The summed E-state index contributed by atoms with van der Waals surface area (Å²) in [7, 11) is -4.07. The number of carbonyl (C=O) groups excluding carboxylic acids is 1. The second-order valence-electron chi connectivity index (χ2n) is 7.44. The molecule has 9 heteroatoms. The van der Waals surface area contributed by atoms with E-state index < -0.39 is 31.9 Å². The second kappa shape index (κ2) is 7.74. The van der Waals surface area contributed by atoms with Gasteiger partial charge in [-0.3, -0.25) is 4.79 Å². The molecule has 0 aromatic heterocycles. The van der Waals surface area contributed by atoms with Crippen LogP contribution in [0.3, 0.4) is 0 Å². The molecule has 0 saturated heterocycles. The average Bonchev–Trinajstić information content (AvgIpc) is 3.31. The van der Waals surface area contributed by atoms with Crippen LogP contribution in [0.1, 0.15) is 46.5 Å². The highest BCUT2D eigenvalue weighted by atomic mass is 32.2. The number of halogens is 1. The number of sulfonamides is 1. The molecule has 1 aromatic rings. The normalized spacial score (nSPS) is 15.2. The van der Waals surface area contributed by atoms with Gasteiger partial charge in [0.2, 0.25) is 15.9 Å². The molecule has 27 heavy (non-hydrogen) atoms. The van der Waals surface area contributed by atoms with Gasteiger partial charge in [0, 0.05) is 36.9 Å². The van der Waals surface area contributed by atoms with Crippen LogP contribution in [0.25, 0.3) is 0 Å². The Bertz CT molecular complexity index is 892. The van der Waals surface area contributed by atoms with E-state index in [0.717, 1.165) is 12.1 Å². The third kappa shape index (κ3) is 6.12. The average molecular weight is 394 g/mol. The summed E-state index contributed by atoms with van der Waals surface area (Å²) in [6.07, 6.45) is 6.89. The largest absolute Gasteiger partial charge is 0.326 e. The van der Waals surface area contributed by atoms with Gasteiger partial charge >= 0.3 is 0 Å². The highest BCUT2D eigenvalue weighted by Crippen LogP contribution is 2.37. The zero-order valence-corrected chi connectivity index (χ0v) is 16.4. The lowest BCUT2D eigenvalue weighted by Crippen LogP contribution is -2.40. The molecule has 0 radical (unpaired) electrons. The number of terminal acetylenes is 1. The van der Waals surface area contributed by atoms with E-state index in [-0.39, 0.29) is 18.0 Å². The van der Waals surface area contributed by atoms with Crippen LogP contribution < -0.4 is 10.0 Å². The summed E-state index contributed by atoms with van der Waals surface area (Å²) in [6.45, 7) is 4.95. The van der Waals surface area contributed by atoms with Crippen molar-refractivity contribution in [2.24, 2.45) is 10.2 Å². The standard InChI is InChI=1S/C18H23FN4O3S/c1-5-6-10-18(21-22-18)11-9-16(24)20-13-7-8-14(19)15(12-13)27(25,26)23-17(2,3)4/h1,7-8,12,23H,6,9-11H2,2-4H3,(H,20,24). The van der Waals surface area contributed by atoms with E-state index in [1.807, 2.05) is 0 Å². The summed E-state index contributed by atoms with van der Waals surface area (Å²) in [5, 5.41) is 10.5. The predicted octanol–water partition coefficient (Wildman–Crippen LogP) is 3.20. The molecule has 1 aliphatic rings. The Kier molecular flexibility index (Phi) is 6.02. The van der Waals surface area contributed by atoms with E-state index in [4.69, 9.17) is 6.42 Å². The minimum atomic E-state index is -4.07. The fraction of sp³-hybridized carbons (Fsp3) is 0.500. The van der Waals surface area contributed by atoms with Crippen molar-refractivity contribution in [3.63, 3.8) is 0 Å². The molecule has 1 aliphatic heterocycles. The summed E-state index contributed by atoms with van der Waals surface area (Å²) >= 11 is 0. The molecule has 0 aliphatic carbocycles. The molecule has 2 rings (SSSR count). The van der Waals surface area contributed by atoms with Crippen molar-refractivity contribution >= 4 is 21.6 Å². The zero-order chi connectivity index (χ0) is 20.3. The summed E-state index contributed by atoms with van der Waals surface area (Å²) in [4.78, 5) is 11.6. The quantitative estimate of drug-likeness (QED) is 0.662. The molecule has 0 unspecified atom stereocenters. The van der Waals surface area contributed by atoms with E-state index in [1.54, 1.807) is 20.8 Å². The van der Waals surface area contributed by atoms with Crippen LogP contribution in [0.4, 0.5) is 10.1 Å². The summed E-state index contributed by atoms with van der Waals surface area (Å²) < 4.78 is 41.2. The Labute approximate surface area is 158 Å². The minimum Gasteiger partial charge on any atom is -0.326 e. The number of nitrogens with zero attached hydrogens (tertiary/aromatic N) is 2. The van der Waals surface area contributed by atoms with Crippen molar-refractivity contribution in [2.45, 2.75) is 62.6 Å². The number of benzene rings is 1. The lowest BCUT2D eigenvalue weighted by atomic mass is 10.0. The van der Waals surface area contributed by atoms with Gasteiger partial charge < -0.3 is 5.32 Å². The van der Waals surface area contributed by atoms with Crippen molar-refractivity contribution in [3.05, 3.63) is 24.0 Å². The molecule has 0 saturated carbocycles. The van der Waals surface area contributed by atoms with Gasteiger partial charge in [0.1, 0.15) is 10.7 Å². The number of hydrogen-bond acceptors (Lipinski definition) is 5. The number of carbonyl (C=O) groups is 1. The van der Waals surface area contributed by atoms with Crippen LogP contribution in [0.2, 0.25) is 0 Å². The number of anilines is 1. The van der Waals surface area contributed by atoms with Crippen molar-refractivity contribution in [3.8, 4) is 12.3 Å². The SMILES string of the molecule is C#CCCC1(CCC(=O)Nc2ccc(F)c(S(=O)(=O)NC(C)(C)C)c2)N=N1. The molecular formula is C18H23FN4O3S. The van der Waals surface area contributed by atoms with Gasteiger partial charge in [-0.05, 0) is 39.0 Å². The maximum Gasteiger partial charge on any atom is 0.244 e. The van der Waals surface area contributed by atoms with E-state index in [9.17, 15) is 17.6 Å². The first kappa shape index (κ1) is 21.0. The van der Waals surface area contributed by atoms with E-state index in [1.165, 1.54) is 6.07 Å². The fourth-order valence-corrected chi connectivity index (χ4v) is 3.97. The summed E-state index contributed by atoms with van der Waals surface area (Å²) in [5.74, 6) is 1.28. The molecule has 146 valence electrons. The third-order valence-electron chi connectivity index (χ3n) is 3.75. The first-order valence-electron chi connectivity index (χ1n) is 8.47. The Balaban J connectivity index is 2.03. The molecule has 0 fully saturated rings. The smallest absolute Gasteiger partial charge is 0.244 e. The Hall–Kier alpha value is -2.31. The van der Waals surface area contributed by atoms with E-state index in [0.29, 0.717) is 19.3 Å². The first-order valence-corrected chi connectivity index (χ1v) is 9.96. The van der Waals surface area contributed by atoms with Gasteiger partial charge in [-0.15, -0.1) is 12.3 Å². The van der Waals surface area contributed by atoms with Gasteiger partial charge in [0.25, 0.3) is 0 Å². The van der Waals surface area contributed by atoms with E-state index in [2.05, 4.69) is 26.2 Å². The molecule has 2 N–H and O–H groups in total. The highest BCUT2D eigenvalue weighted by Gasteiger charge is 2.39. The molecular weight excluding hydrogens is 371 g/mol. The summed E-state index contributed by atoms with van der Waals surface area (Å²) in [6, 6.07) is 3.41. The van der Waals surface area contributed by atoms with Gasteiger partial charge in [0.15, 0.2) is 5.66 Å². The van der Waals surface area contributed by atoms with E-state index >= 15 is 0 Å². The molecule has 0 spiro atoms. The molecule has 1 amide bonds. The molecule has 0 bridgehead atoms. The van der Waals surface area contributed by atoms with Crippen molar-refractivity contribution in [1.29, 1.82) is 0 Å².